The van der Waals surface area contributed by atoms with E-state index in [2.05, 4.69) is 10.4 Å². The molecular weight excluding hydrogens is 473 g/mol. The molecule has 0 atom stereocenters. The standard InChI is InChI=1S/C26H25F3N4O3/c27-26(28,29)25(6-7-25)23(36)32-10-8-24(15-34,9-11-32)33-14-16(13-30-33)12-17-4-5-20-21-18(17)2-1-3-19(21)22(35)31-20/h1-5,13-14,34H,6-12,15H2,(H,31,35). The van der Waals surface area contributed by atoms with Gasteiger partial charge in [-0.1, -0.05) is 18.2 Å². The molecule has 2 amide bonds. The minimum Gasteiger partial charge on any atom is -0.394 e. The van der Waals surface area contributed by atoms with Gasteiger partial charge in [0, 0.05) is 42.3 Å². The summed E-state index contributed by atoms with van der Waals surface area (Å²) in [4.78, 5) is 26.1. The Morgan fingerprint density at radius 1 is 1.11 bits per heavy atom. The number of aliphatic hydroxyl groups excluding tert-OH is 1. The molecule has 1 aliphatic carbocycles. The topological polar surface area (TPSA) is 87.5 Å². The van der Waals surface area contributed by atoms with Crippen LogP contribution in [0, 0.1) is 5.41 Å². The lowest BCUT2D eigenvalue weighted by molar-refractivity contribution is -0.199. The number of halogens is 3. The van der Waals surface area contributed by atoms with Crippen LogP contribution in [0.15, 0.2) is 42.7 Å². The van der Waals surface area contributed by atoms with Crippen LogP contribution < -0.4 is 5.32 Å². The number of nitrogens with zero attached hydrogens (tertiary/aromatic N) is 3. The molecule has 0 radical (unpaired) electrons. The molecule has 1 saturated heterocycles. The number of anilines is 1. The second kappa shape index (κ2) is 7.80. The number of benzene rings is 2. The van der Waals surface area contributed by atoms with Crippen molar-refractivity contribution in [1.82, 2.24) is 14.7 Å². The summed E-state index contributed by atoms with van der Waals surface area (Å²) in [7, 11) is 0. The average Bonchev–Trinajstić information content (AvgIpc) is 3.47. The first-order valence-corrected chi connectivity index (χ1v) is 12.0. The minimum atomic E-state index is -4.53. The lowest BCUT2D eigenvalue weighted by atomic mass is 9.87. The molecule has 0 spiro atoms. The summed E-state index contributed by atoms with van der Waals surface area (Å²) in [5.74, 6) is -0.958. The summed E-state index contributed by atoms with van der Waals surface area (Å²) in [6.45, 7) is 0.0555. The summed E-state index contributed by atoms with van der Waals surface area (Å²) >= 11 is 0. The summed E-state index contributed by atoms with van der Waals surface area (Å²) < 4.78 is 41.9. The van der Waals surface area contributed by atoms with Crippen LogP contribution in [0.2, 0.25) is 0 Å². The second-order valence-corrected chi connectivity index (χ2v) is 10.2. The molecule has 0 unspecified atom stereocenters. The summed E-state index contributed by atoms with van der Waals surface area (Å²) in [5.41, 5.74) is 0.399. The first-order chi connectivity index (χ1) is 17.2. The number of likely N-dealkylation sites (tertiary alicyclic amines) is 1. The molecule has 2 fully saturated rings. The number of aromatic nitrogens is 2. The van der Waals surface area contributed by atoms with Crippen molar-refractivity contribution in [3.8, 4) is 0 Å². The van der Waals surface area contributed by atoms with Crippen molar-refractivity contribution in [2.24, 2.45) is 5.41 Å². The summed E-state index contributed by atoms with van der Waals surface area (Å²) in [6.07, 6.45) is -0.0458. The number of hydrogen-bond donors (Lipinski definition) is 2. The number of aliphatic hydroxyl groups is 1. The number of amides is 2. The molecule has 7 nitrogen and oxygen atoms in total. The van der Waals surface area contributed by atoms with Crippen molar-refractivity contribution in [1.29, 1.82) is 0 Å². The van der Waals surface area contributed by atoms with Gasteiger partial charge in [-0.2, -0.15) is 18.3 Å². The SMILES string of the molecule is O=C1Nc2ccc(Cc3cnn(C4(CO)CCN(C(=O)C5(C(F)(F)F)CC5)CC4)c3)c3cccc1c23. The zero-order chi connectivity index (χ0) is 25.3. The monoisotopic (exact) mass is 498 g/mol. The average molecular weight is 499 g/mol. The van der Waals surface area contributed by atoms with E-state index in [1.807, 2.05) is 30.5 Å². The Morgan fingerprint density at radius 2 is 1.86 bits per heavy atom. The molecular formula is C26H25F3N4O3. The third-order valence-electron chi connectivity index (χ3n) is 8.12. The first kappa shape index (κ1) is 23.0. The fourth-order valence-electron chi connectivity index (χ4n) is 5.67. The van der Waals surface area contributed by atoms with Crippen LogP contribution in [0.1, 0.15) is 47.2 Å². The Labute approximate surface area is 204 Å². The Kier molecular flexibility index (Phi) is 4.99. The highest BCUT2D eigenvalue weighted by Crippen LogP contribution is 2.59. The Hall–Kier alpha value is -3.40. The van der Waals surface area contributed by atoms with E-state index in [1.165, 1.54) is 4.90 Å². The fourth-order valence-corrected chi connectivity index (χ4v) is 5.67. The van der Waals surface area contributed by atoms with Crippen molar-refractivity contribution in [2.45, 2.75) is 43.8 Å². The molecule has 6 rings (SSSR count). The zero-order valence-electron chi connectivity index (χ0n) is 19.4. The highest BCUT2D eigenvalue weighted by atomic mass is 19.4. The molecule has 0 bridgehead atoms. The van der Waals surface area contributed by atoms with Crippen molar-refractivity contribution in [3.05, 3.63) is 59.4 Å². The van der Waals surface area contributed by atoms with E-state index in [-0.39, 0.29) is 38.4 Å². The van der Waals surface area contributed by atoms with Crippen molar-refractivity contribution >= 4 is 28.3 Å². The van der Waals surface area contributed by atoms with Gasteiger partial charge in [0.05, 0.1) is 18.3 Å². The molecule has 3 heterocycles. The normalized spacial score (nSPS) is 20.0. The van der Waals surface area contributed by atoms with Crippen molar-refractivity contribution < 1.29 is 27.9 Å². The molecule has 1 aromatic heterocycles. The quantitative estimate of drug-likeness (QED) is 0.560. The van der Waals surface area contributed by atoms with Crippen LogP contribution in [0.4, 0.5) is 18.9 Å². The van der Waals surface area contributed by atoms with Gasteiger partial charge < -0.3 is 15.3 Å². The van der Waals surface area contributed by atoms with Gasteiger partial charge in [0.1, 0.15) is 5.41 Å². The second-order valence-electron chi connectivity index (χ2n) is 10.2. The number of rotatable bonds is 5. The zero-order valence-corrected chi connectivity index (χ0v) is 19.4. The summed E-state index contributed by atoms with van der Waals surface area (Å²) in [5, 5.41) is 19.5. The largest absolute Gasteiger partial charge is 0.403 e. The molecule has 2 aliphatic heterocycles. The van der Waals surface area contributed by atoms with Gasteiger partial charge >= 0.3 is 6.18 Å². The number of alkyl halides is 3. The van der Waals surface area contributed by atoms with Crippen LogP contribution in [0.25, 0.3) is 10.8 Å². The Balaban J connectivity index is 1.20. The van der Waals surface area contributed by atoms with Gasteiger partial charge in [0.2, 0.25) is 5.91 Å². The molecule has 188 valence electrons. The molecule has 3 aromatic rings. The molecule has 2 aromatic carbocycles. The number of carbonyl (C=O) groups excluding carboxylic acids is 2. The van der Waals surface area contributed by atoms with Crippen LogP contribution in [-0.2, 0) is 16.8 Å². The maximum absolute atomic E-state index is 13.4. The van der Waals surface area contributed by atoms with E-state index in [0.717, 1.165) is 27.6 Å². The van der Waals surface area contributed by atoms with E-state index < -0.39 is 23.0 Å². The van der Waals surface area contributed by atoms with Gasteiger partial charge in [-0.25, -0.2) is 0 Å². The third kappa shape index (κ3) is 3.34. The van der Waals surface area contributed by atoms with E-state index in [0.29, 0.717) is 24.8 Å². The van der Waals surface area contributed by atoms with Gasteiger partial charge in [-0.3, -0.25) is 14.3 Å². The van der Waals surface area contributed by atoms with E-state index in [1.54, 1.807) is 16.9 Å². The first-order valence-electron chi connectivity index (χ1n) is 12.0. The maximum Gasteiger partial charge on any atom is 0.403 e. The molecule has 2 N–H and O–H groups in total. The van der Waals surface area contributed by atoms with Crippen molar-refractivity contribution in [3.63, 3.8) is 0 Å². The number of nitrogens with one attached hydrogen (secondary N) is 1. The lowest BCUT2D eigenvalue weighted by Crippen LogP contribution is -2.53. The van der Waals surface area contributed by atoms with E-state index in [4.69, 9.17) is 0 Å². The highest BCUT2D eigenvalue weighted by molar-refractivity contribution is 6.24. The molecule has 10 heteroatoms. The number of piperidine rings is 1. The smallest absolute Gasteiger partial charge is 0.394 e. The highest BCUT2D eigenvalue weighted by Gasteiger charge is 2.69. The fraction of sp³-hybridized carbons (Fsp3) is 0.423. The van der Waals surface area contributed by atoms with E-state index >= 15 is 0 Å². The number of hydrogen-bond acceptors (Lipinski definition) is 4. The summed E-state index contributed by atoms with van der Waals surface area (Å²) in [6, 6.07) is 9.52. The Morgan fingerprint density at radius 3 is 2.53 bits per heavy atom. The van der Waals surface area contributed by atoms with Gasteiger partial charge in [0.25, 0.3) is 5.91 Å². The molecule has 3 aliphatic rings. The number of carbonyl (C=O) groups is 2. The van der Waals surface area contributed by atoms with Gasteiger partial charge in [0.15, 0.2) is 0 Å². The van der Waals surface area contributed by atoms with Crippen molar-refractivity contribution in [2.75, 3.05) is 25.0 Å². The van der Waals surface area contributed by atoms with Crippen LogP contribution in [-0.4, -0.2) is 57.5 Å². The lowest BCUT2D eigenvalue weighted by Gasteiger charge is -2.42. The molecule has 36 heavy (non-hydrogen) atoms. The van der Waals surface area contributed by atoms with E-state index in [9.17, 15) is 27.9 Å². The van der Waals surface area contributed by atoms with Crippen LogP contribution in [0.3, 0.4) is 0 Å². The minimum absolute atomic E-state index is 0.113. The van der Waals surface area contributed by atoms with Gasteiger partial charge in [-0.05, 0) is 54.3 Å². The van der Waals surface area contributed by atoms with Gasteiger partial charge in [-0.15, -0.1) is 0 Å². The Bertz CT molecular complexity index is 1380. The predicted molar refractivity (Wildman–Crippen MR) is 126 cm³/mol. The van der Waals surface area contributed by atoms with Crippen LogP contribution in [0.5, 0.6) is 0 Å². The van der Waals surface area contributed by atoms with Crippen LogP contribution >= 0.6 is 0 Å². The third-order valence-corrected chi connectivity index (χ3v) is 8.12. The predicted octanol–water partition coefficient (Wildman–Crippen LogP) is 3.85. The maximum atomic E-state index is 13.4. The molecule has 1 saturated carbocycles.